The van der Waals surface area contributed by atoms with Crippen LogP contribution >= 0.6 is 0 Å². The Labute approximate surface area is 152 Å². The van der Waals surface area contributed by atoms with E-state index in [0.29, 0.717) is 22.6 Å². The van der Waals surface area contributed by atoms with Gasteiger partial charge in [0.1, 0.15) is 11.6 Å². The van der Waals surface area contributed by atoms with E-state index in [4.69, 9.17) is 15.9 Å². The van der Waals surface area contributed by atoms with Crippen molar-refractivity contribution in [3.8, 4) is 5.75 Å². The molecule has 0 bridgehead atoms. The number of nitrogen functional groups attached to an aromatic ring is 1. The third-order valence-electron chi connectivity index (χ3n) is 3.62. The molecule has 0 atom stereocenters. The predicted octanol–water partition coefficient (Wildman–Crippen LogP) is 4.10. The number of benzene rings is 2. The molecule has 0 saturated heterocycles. The van der Waals surface area contributed by atoms with Gasteiger partial charge in [-0.1, -0.05) is 18.2 Å². The molecular formula is C20H22FN3O2. The van der Waals surface area contributed by atoms with E-state index in [0.717, 1.165) is 0 Å². The molecule has 4 N–H and O–H groups in total. The number of amides is 1. The summed E-state index contributed by atoms with van der Waals surface area (Å²) in [6.07, 6.45) is 0.0456. The average molecular weight is 355 g/mol. The minimum Gasteiger partial charge on any atom is -0.491 e. The van der Waals surface area contributed by atoms with Gasteiger partial charge in [-0.15, -0.1) is 0 Å². The standard InChI is InChI=1S/C20H22FN3O2/c1-12(2)26-17-9-7-16(8-10-17)24-20(25)18(21)13(3)14-5-4-6-15(11-14)19(22)23/h4-12H,1-3H3,(H3,22,23)(H,24,25). The first-order valence-corrected chi connectivity index (χ1v) is 8.17. The normalized spacial score (nSPS) is 11.7. The Morgan fingerprint density at radius 1 is 1.15 bits per heavy atom. The molecule has 0 saturated carbocycles. The van der Waals surface area contributed by atoms with Crippen LogP contribution in [0.2, 0.25) is 0 Å². The summed E-state index contributed by atoms with van der Waals surface area (Å²) in [4.78, 5) is 12.2. The summed E-state index contributed by atoms with van der Waals surface area (Å²) in [6.45, 7) is 5.34. The lowest BCUT2D eigenvalue weighted by Crippen LogP contribution is -2.14. The first-order chi connectivity index (χ1) is 12.3. The van der Waals surface area contributed by atoms with Gasteiger partial charge in [-0.05, 0) is 62.2 Å². The van der Waals surface area contributed by atoms with Crippen LogP contribution in [0, 0.1) is 5.41 Å². The van der Waals surface area contributed by atoms with Crippen LogP contribution in [0.25, 0.3) is 5.57 Å². The van der Waals surface area contributed by atoms with E-state index in [9.17, 15) is 9.18 Å². The molecule has 0 spiro atoms. The fraction of sp³-hybridized carbons (Fsp3) is 0.200. The van der Waals surface area contributed by atoms with Gasteiger partial charge >= 0.3 is 0 Å². The number of allylic oxidation sites excluding steroid dienone is 1. The number of nitrogens with two attached hydrogens (primary N) is 1. The molecule has 0 aliphatic heterocycles. The molecule has 2 aromatic carbocycles. The SMILES string of the molecule is CC(=C(F)C(=O)Nc1ccc(OC(C)C)cc1)c1cccc(C(=N)N)c1. The van der Waals surface area contributed by atoms with Crippen LogP contribution in [0.15, 0.2) is 54.4 Å². The van der Waals surface area contributed by atoms with Crippen LogP contribution in [-0.2, 0) is 4.79 Å². The summed E-state index contributed by atoms with van der Waals surface area (Å²) < 4.78 is 20.0. The molecule has 2 rings (SSSR count). The van der Waals surface area contributed by atoms with Crippen LogP contribution in [-0.4, -0.2) is 17.8 Å². The van der Waals surface area contributed by atoms with Crippen molar-refractivity contribution >= 4 is 23.0 Å². The Kier molecular flexibility index (Phi) is 6.11. The van der Waals surface area contributed by atoms with Crippen LogP contribution < -0.4 is 15.8 Å². The topological polar surface area (TPSA) is 88.2 Å². The van der Waals surface area contributed by atoms with E-state index < -0.39 is 11.7 Å². The summed E-state index contributed by atoms with van der Waals surface area (Å²) in [5.74, 6) is -1.18. The summed E-state index contributed by atoms with van der Waals surface area (Å²) >= 11 is 0. The summed E-state index contributed by atoms with van der Waals surface area (Å²) in [7, 11) is 0. The van der Waals surface area contributed by atoms with E-state index in [2.05, 4.69) is 5.32 Å². The molecule has 0 unspecified atom stereocenters. The number of halogens is 1. The van der Waals surface area contributed by atoms with Gasteiger partial charge in [-0.25, -0.2) is 4.39 Å². The highest BCUT2D eigenvalue weighted by Gasteiger charge is 2.15. The molecule has 6 heteroatoms. The number of nitrogens with one attached hydrogen (secondary N) is 2. The zero-order valence-corrected chi connectivity index (χ0v) is 15.0. The van der Waals surface area contributed by atoms with Crippen molar-refractivity contribution in [2.45, 2.75) is 26.9 Å². The molecule has 0 heterocycles. The molecule has 5 nitrogen and oxygen atoms in total. The third kappa shape index (κ3) is 4.92. The second-order valence-electron chi connectivity index (χ2n) is 6.08. The molecule has 0 radical (unpaired) electrons. The number of ether oxygens (including phenoxy) is 1. The number of rotatable bonds is 6. The average Bonchev–Trinajstić information content (AvgIpc) is 2.61. The Morgan fingerprint density at radius 3 is 2.35 bits per heavy atom. The van der Waals surface area contributed by atoms with Gasteiger partial charge in [0.2, 0.25) is 0 Å². The van der Waals surface area contributed by atoms with E-state index >= 15 is 0 Å². The first kappa shape index (κ1) is 19.2. The summed E-state index contributed by atoms with van der Waals surface area (Å²) in [5, 5.41) is 9.97. The number of carbonyl (C=O) groups excluding carboxylic acids is 1. The van der Waals surface area contributed by atoms with Crippen molar-refractivity contribution in [3.63, 3.8) is 0 Å². The Bertz CT molecular complexity index is 842. The number of hydrogen-bond acceptors (Lipinski definition) is 3. The molecule has 1 amide bonds. The van der Waals surface area contributed by atoms with Gasteiger partial charge in [0.05, 0.1) is 6.10 Å². The fourth-order valence-electron chi connectivity index (χ4n) is 2.29. The molecule has 26 heavy (non-hydrogen) atoms. The summed E-state index contributed by atoms with van der Waals surface area (Å²) in [6, 6.07) is 13.3. The van der Waals surface area contributed by atoms with Crippen LogP contribution in [0.4, 0.5) is 10.1 Å². The van der Waals surface area contributed by atoms with Gasteiger partial charge in [0.25, 0.3) is 5.91 Å². The predicted molar refractivity (Wildman–Crippen MR) is 102 cm³/mol. The van der Waals surface area contributed by atoms with E-state index in [1.165, 1.54) is 6.92 Å². The zero-order chi connectivity index (χ0) is 19.3. The third-order valence-corrected chi connectivity index (χ3v) is 3.62. The van der Waals surface area contributed by atoms with Crippen LogP contribution in [0.1, 0.15) is 31.9 Å². The number of anilines is 1. The highest BCUT2D eigenvalue weighted by molar-refractivity contribution is 6.07. The lowest BCUT2D eigenvalue weighted by molar-refractivity contribution is -0.114. The Hall–Kier alpha value is -3.15. The van der Waals surface area contributed by atoms with Gasteiger partial charge in [0, 0.05) is 11.3 Å². The molecule has 0 aromatic heterocycles. The first-order valence-electron chi connectivity index (χ1n) is 8.17. The van der Waals surface area contributed by atoms with Gasteiger partial charge < -0.3 is 15.8 Å². The molecule has 0 aliphatic carbocycles. The van der Waals surface area contributed by atoms with Gasteiger partial charge in [0.15, 0.2) is 5.83 Å². The molecule has 2 aromatic rings. The molecular weight excluding hydrogens is 333 g/mol. The maximum atomic E-state index is 14.5. The lowest BCUT2D eigenvalue weighted by Gasteiger charge is -2.11. The summed E-state index contributed by atoms with van der Waals surface area (Å²) in [5.41, 5.74) is 7.04. The minimum absolute atomic E-state index is 0.0456. The van der Waals surface area contributed by atoms with Gasteiger partial charge in [-0.3, -0.25) is 10.2 Å². The highest BCUT2D eigenvalue weighted by Crippen LogP contribution is 2.22. The van der Waals surface area contributed by atoms with E-state index in [1.807, 2.05) is 13.8 Å². The second-order valence-corrected chi connectivity index (χ2v) is 6.08. The Morgan fingerprint density at radius 2 is 1.77 bits per heavy atom. The maximum absolute atomic E-state index is 14.5. The Balaban J connectivity index is 2.16. The van der Waals surface area contributed by atoms with Gasteiger partial charge in [-0.2, -0.15) is 0 Å². The van der Waals surface area contributed by atoms with Crippen molar-refractivity contribution in [2.75, 3.05) is 5.32 Å². The number of carbonyl (C=O) groups is 1. The van der Waals surface area contributed by atoms with E-state index in [1.54, 1.807) is 48.5 Å². The minimum atomic E-state index is -0.895. The van der Waals surface area contributed by atoms with Crippen LogP contribution in [0.3, 0.4) is 0 Å². The van der Waals surface area contributed by atoms with Crippen molar-refractivity contribution in [1.29, 1.82) is 5.41 Å². The molecule has 0 aliphatic rings. The van der Waals surface area contributed by atoms with Crippen LogP contribution in [0.5, 0.6) is 5.75 Å². The zero-order valence-electron chi connectivity index (χ0n) is 15.0. The molecule has 0 fully saturated rings. The lowest BCUT2D eigenvalue weighted by atomic mass is 10.0. The number of hydrogen-bond donors (Lipinski definition) is 3. The second kappa shape index (κ2) is 8.29. The van der Waals surface area contributed by atoms with E-state index in [-0.39, 0.29) is 17.5 Å². The van der Waals surface area contributed by atoms with Crippen molar-refractivity contribution in [3.05, 3.63) is 65.5 Å². The largest absolute Gasteiger partial charge is 0.491 e. The van der Waals surface area contributed by atoms with Crippen molar-refractivity contribution in [1.82, 2.24) is 0 Å². The monoisotopic (exact) mass is 355 g/mol. The van der Waals surface area contributed by atoms with Crippen molar-refractivity contribution in [2.24, 2.45) is 5.73 Å². The van der Waals surface area contributed by atoms with Crippen molar-refractivity contribution < 1.29 is 13.9 Å². The number of amidine groups is 1. The maximum Gasteiger partial charge on any atom is 0.284 e. The molecule has 136 valence electrons. The highest BCUT2D eigenvalue weighted by atomic mass is 19.1. The fourth-order valence-corrected chi connectivity index (χ4v) is 2.29. The quantitative estimate of drug-likeness (QED) is 0.414. The smallest absolute Gasteiger partial charge is 0.284 e.